The van der Waals surface area contributed by atoms with Crippen LogP contribution in [0.4, 0.5) is 0 Å². The number of rotatable bonds is 9. The van der Waals surface area contributed by atoms with Gasteiger partial charge in [-0.1, -0.05) is 44.2 Å². The van der Waals surface area contributed by atoms with Gasteiger partial charge in [-0.15, -0.1) is 0 Å². The number of amides is 1. The van der Waals surface area contributed by atoms with Crippen molar-refractivity contribution in [3.63, 3.8) is 0 Å². The average molecular weight is 417 g/mol. The van der Waals surface area contributed by atoms with Gasteiger partial charge in [0.2, 0.25) is 15.9 Å². The standard InChI is InChI=1S/C22H28N2O4S/c1-5-24(6-2)29(26,27)20-14-11-18(12-15-20)17(3)23-22(25)16-13-19-9-7-8-10-21(19)28-4/h7-17H,5-6H2,1-4H3,(H,23,25)/b16-13+/t17-/m0/s1. The summed E-state index contributed by atoms with van der Waals surface area (Å²) in [4.78, 5) is 12.5. The minimum absolute atomic E-state index is 0.247. The van der Waals surface area contributed by atoms with Gasteiger partial charge < -0.3 is 10.1 Å². The van der Waals surface area contributed by atoms with E-state index in [1.165, 1.54) is 10.4 Å². The number of carbonyl (C=O) groups is 1. The lowest BCUT2D eigenvalue weighted by atomic mass is 10.1. The zero-order chi connectivity index (χ0) is 21.4. The molecule has 0 spiro atoms. The molecule has 6 nitrogen and oxygen atoms in total. The van der Waals surface area contributed by atoms with Crippen molar-refractivity contribution in [2.75, 3.05) is 20.2 Å². The number of methoxy groups -OCH3 is 1. The minimum atomic E-state index is -3.49. The second kappa shape index (κ2) is 10.2. The van der Waals surface area contributed by atoms with Crippen molar-refractivity contribution in [1.29, 1.82) is 0 Å². The summed E-state index contributed by atoms with van der Waals surface area (Å²) in [6.07, 6.45) is 3.15. The lowest BCUT2D eigenvalue weighted by molar-refractivity contribution is -0.117. The first-order valence-corrected chi connectivity index (χ1v) is 11.0. The molecule has 0 aliphatic heterocycles. The predicted octanol–water partition coefficient (Wildman–Crippen LogP) is 3.62. The van der Waals surface area contributed by atoms with Crippen molar-refractivity contribution in [1.82, 2.24) is 9.62 Å². The van der Waals surface area contributed by atoms with Crippen LogP contribution in [-0.2, 0) is 14.8 Å². The molecule has 2 aromatic carbocycles. The molecule has 7 heteroatoms. The fourth-order valence-corrected chi connectivity index (χ4v) is 4.41. The molecule has 0 aliphatic carbocycles. The van der Waals surface area contributed by atoms with Gasteiger partial charge in [-0.05, 0) is 36.8 Å². The van der Waals surface area contributed by atoms with Crippen molar-refractivity contribution < 1.29 is 17.9 Å². The Bertz CT molecular complexity index is 949. The maximum absolute atomic E-state index is 12.6. The van der Waals surface area contributed by atoms with Gasteiger partial charge in [0.25, 0.3) is 0 Å². The zero-order valence-electron chi connectivity index (χ0n) is 17.3. The van der Waals surface area contributed by atoms with Crippen LogP contribution in [-0.4, -0.2) is 38.8 Å². The van der Waals surface area contributed by atoms with E-state index in [1.807, 2.05) is 45.0 Å². The van der Waals surface area contributed by atoms with Gasteiger partial charge >= 0.3 is 0 Å². The van der Waals surface area contributed by atoms with E-state index in [0.717, 1.165) is 11.1 Å². The van der Waals surface area contributed by atoms with Gasteiger partial charge in [0.15, 0.2) is 0 Å². The van der Waals surface area contributed by atoms with E-state index in [0.29, 0.717) is 18.8 Å². The molecule has 0 aromatic heterocycles. The molecular formula is C22H28N2O4S. The van der Waals surface area contributed by atoms with E-state index in [1.54, 1.807) is 37.5 Å². The Hall–Kier alpha value is -2.64. The number of para-hydroxylation sites is 1. The number of hydrogen-bond acceptors (Lipinski definition) is 4. The maximum atomic E-state index is 12.6. The van der Waals surface area contributed by atoms with Gasteiger partial charge in [-0.25, -0.2) is 8.42 Å². The molecule has 1 N–H and O–H groups in total. The largest absolute Gasteiger partial charge is 0.496 e. The maximum Gasteiger partial charge on any atom is 0.244 e. The summed E-state index contributed by atoms with van der Waals surface area (Å²) in [5.41, 5.74) is 1.63. The van der Waals surface area contributed by atoms with Gasteiger partial charge in [0, 0.05) is 24.7 Å². The molecule has 1 amide bonds. The Labute approximate surface area is 173 Å². The summed E-state index contributed by atoms with van der Waals surface area (Å²) in [6, 6.07) is 13.8. The first-order chi connectivity index (χ1) is 13.8. The molecule has 29 heavy (non-hydrogen) atoms. The smallest absolute Gasteiger partial charge is 0.244 e. The second-order valence-electron chi connectivity index (χ2n) is 6.46. The molecule has 156 valence electrons. The van der Waals surface area contributed by atoms with Crippen LogP contribution >= 0.6 is 0 Å². The van der Waals surface area contributed by atoms with Crippen LogP contribution in [0.3, 0.4) is 0 Å². The molecule has 0 unspecified atom stereocenters. The number of ether oxygens (including phenoxy) is 1. The Morgan fingerprint density at radius 1 is 1.10 bits per heavy atom. The highest BCUT2D eigenvalue weighted by Crippen LogP contribution is 2.20. The topological polar surface area (TPSA) is 75.7 Å². The molecule has 0 fully saturated rings. The van der Waals surface area contributed by atoms with Crippen molar-refractivity contribution >= 4 is 22.0 Å². The molecule has 0 heterocycles. The van der Waals surface area contributed by atoms with E-state index in [2.05, 4.69) is 5.32 Å². The van der Waals surface area contributed by atoms with Crippen LogP contribution in [0.1, 0.15) is 37.9 Å². The van der Waals surface area contributed by atoms with Crippen LogP contribution in [0.25, 0.3) is 6.08 Å². The highest BCUT2D eigenvalue weighted by atomic mass is 32.2. The molecule has 2 aromatic rings. The second-order valence-corrected chi connectivity index (χ2v) is 8.40. The predicted molar refractivity (Wildman–Crippen MR) is 115 cm³/mol. The first-order valence-electron chi connectivity index (χ1n) is 9.55. The van der Waals surface area contributed by atoms with Crippen molar-refractivity contribution in [3.05, 3.63) is 65.7 Å². The summed E-state index contributed by atoms with van der Waals surface area (Å²) in [7, 11) is -1.91. The fraction of sp³-hybridized carbons (Fsp3) is 0.318. The van der Waals surface area contributed by atoms with Gasteiger partial charge in [-0.2, -0.15) is 4.31 Å². The molecule has 0 bridgehead atoms. The number of carbonyl (C=O) groups excluding carboxylic acids is 1. The number of nitrogens with zero attached hydrogens (tertiary/aromatic N) is 1. The quantitative estimate of drug-likeness (QED) is 0.634. The normalized spacial score (nSPS) is 12.9. The number of benzene rings is 2. The van der Waals surface area contributed by atoms with E-state index >= 15 is 0 Å². The zero-order valence-corrected chi connectivity index (χ0v) is 18.1. The van der Waals surface area contributed by atoms with Crippen molar-refractivity contribution in [3.8, 4) is 5.75 Å². The van der Waals surface area contributed by atoms with Gasteiger partial charge in [0.05, 0.1) is 18.0 Å². The molecule has 2 rings (SSSR count). The molecule has 0 saturated heterocycles. The fourth-order valence-electron chi connectivity index (χ4n) is 2.96. The SMILES string of the molecule is CCN(CC)S(=O)(=O)c1ccc([C@H](C)NC(=O)/C=C/c2ccccc2OC)cc1. The highest BCUT2D eigenvalue weighted by Gasteiger charge is 2.21. The Balaban J connectivity index is 2.06. The number of sulfonamides is 1. The lowest BCUT2D eigenvalue weighted by Crippen LogP contribution is -2.30. The molecule has 0 aliphatic rings. The van der Waals surface area contributed by atoms with E-state index < -0.39 is 10.0 Å². The van der Waals surface area contributed by atoms with Crippen molar-refractivity contribution in [2.24, 2.45) is 0 Å². The van der Waals surface area contributed by atoms with Gasteiger partial charge in [-0.3, -0.25) is 4.79 Å². The monoisotopic (exact) mass is 416 g/mol. The Morgan fingerprint density at radius 3 is 2.31 bits per heavy atom. The summed E-state index contributed by atoms with van der Waals surface area (Å²) in [5.74, 6) is 0.442. The average Bonchev–Trinajstić information content (AvgIpc) is 2.73. The summed E-state index contributed by atoms with van der Waals surface area (Å²) in [5, 5.41) is 2.88. The van der Waals surface area contributed by atoms with Crippen LogP contribution in [0, 0.1) is 0 Å². The molecular weight excluding hydrogens is 388 g/mol. The van der Waals surface area contributed by atoms with E-state index in [9.17, 15) is 13.2 Å². The summed E-state index contributed by atoms with van der Waals surface area (Å²) < 4.78 is 31.8. The highest BCUT2D eigenvalue weighted by molar-refractivity contribution is 7.89. The first kappa shape index (κ1) is 22.6. The third kappa shape index (κ3) is 5.68. The van der Waals surface area contributed by atoms with Crippen LogP contribution in [0.15, 0.2) is 59.5 Å². The van der Waals surface area contributed by atoms with Crippen LogP contribution < -0.4 is 10.1 Å². The van der Waals surface area contributed by atoms with Crippen LogP contribution in [0.2, 0.25) is 0 Å². The van der Waals surface area contributed by atoms with Gasteiger partial charge in [0.1, 0.15) is 5.75 Å². The van der Waals surface area contributed by atoms with E-state index in [-0.39, 0.29) is 16.8 Å². The number of nitrogens with one attached hydrogen (secondary N) is 1. The lowest BCUT2D eigenvalue weighted by Gasteiger charge is -2.19. The molecule has 0 saturated carbocycles. The van der Waals surface area contributed by atoms with E-state index in [4.69, 9.17) is 4.74 Å². The molecule has 1 atom stereocenters. The Kier molecular flexibility index (Phi) is 7.99. The van der Waals surface area contributed by atoms with Crippen molar-refractivity contribution in [2.45, 2.75) is 31.7 Å². The third-order valence-corrected chi connectivity index (χ3v) is 6.70. The number of hydrogen-bond donors (Lipinski definition) is 1. The molecule has 0 radical (unpaired) electrons. The summed E-state index contributed by atoms with van der Waals surface area (Å²) in [6.45, 7) is 6.32. The minimum Gasteiger partial charge on any atom is -0.496 e. The third-order valence-electron chi connectivity index (χ3n) is 4.64. The Morgan fingerprint density at radius 2 is 1.72 bits per heavy atom. The van der Waals surface area contributed by atoms with Crippen LogP contribution in [0.5, 0.6) is 5.75 Å². The summed E-state index contributed by atoms with van der Waals surface area (Å²) >= 11 is 0.